The zero-order chi connectivity index (χ0) is 13.8. The van der Waals surface area contributed by atoms with E-state index in [0.717, 1.165) is 5.92 Å². The highest BCUT2D eigenvalue weighted by molar-refractivity contribution is 5.95. The Morgan fingerprint density at radius 3 is 2.47 bits per heavy atom. The predicted molar refractivity (Wildman–Crippen MR) is 72.2 cm³/mol. The Morgan fingerprint density at radius 1 is 1.26 bits per heavy atom. The largest absolute Gasteiger partial charge is 0.480 e. The fraction of sp³-hybridized carbons (Fsp3) is 0.467. The Morgan fingerprint density at radius 2 is 1.95 bits per heavy atom. The minimum Gasteiger partial charge on any atom is -0.480 e. The zero-order valence-corrected chi connectivity index (χ0v) is 11.1. The first-order chi connectivity index (χ1) is 9.06. The number of carbonyl (C=O) groups is 2. The third-order valence-electron chi connectivity index (χ3n) is 3.74. The van der Waals surface area contributed by atoms with E-state index in [4.69, 9.17) is 5.11 Å². The Labute approximate surface area is 112 Å². The third-order valence-corrected chi connectivity index (χ3v) is 3.74. The number of rotatable bonds is 4. The minimum atomic E-state index is -1.04. The van der Waals surface area contributed by atoms with Gasteiger partial charge in [-0.1, -0.05) is 25.5 Å². The molecular weight excluding hydrogens is 242 g/mol. The minimum absolute atomic E-state index is 0.339. The smallest absolute Gasteiger partial charge is 0.322 e. The molecule has 1 aromatic carbocycles. The van der Waals surface area contributed by atoms with Crippen LogP contribution in [0.25, 0.3) is 0 Å². The van der Waals surface area contributed by atoms with Gasteiger partial charge < -0.3 is 10.4 Å². The van der Waals surface area contributed by atoms with Crippen molar-refractivity contribution in [2.24, 2.45) is 5.92 Å². The Bertz CT molecular complexity index is 467. The fourth-order valence-corrected chi connectivity index (χ4v) is 2.67. The van der Waals surface area contributed by atoms with Crippen LogP contribution in [-0.4, -0.2) is 23.5 Å². The standard InChI is InChI=1S/C15H19NO3/c1-10-2-3-13(8-10)11-4-6-12(7-5-11)15(19)16-9-14(17)18/h4-7,10,13H,2-3,8-9H2,1H3,(H,16,19)(H,17,18)/t10-,13?/m0/s1. The van der Waals surface area contributed by atoms with Gasteiger partial charge in [-0.3, -0.25) is 9.59 Å². The number of nitrogens with one attached hydrogen (secondary N) is 1. The molecule has 0 saturated heterocycles. The lowest BCUT2D eigenvalue weighted by molar-refractivity contribution is -0.135. The van der Waals surface area contributed by atoms with E-state index in [9.17, 15) is 9.59 Å². The van der Waals surface area contributed by atoms with Crippen LogP contribution in [0.5, 0.6) is 0 Å². The number of carboxylic acids is 1. The number of hydrogen-bond donors (Lipinski definition) is 2. The lowest BCUT2D eigenvalue weighted by Gasteiger charge is -2.10. The second-order valence-corrected chi connectivity index (χ2v) is 5.31. The maximum absolute atomic E-state index is 11.7. The van der Waals surface area contributed by atoms with Gasteiger partial charge in [0.2, 0.25) is 0 Å². The lowest BCUT2D eigenvalue weighted by atomic mass is 9.95. The maximum atomic E-state index is 11.7. The van der Waals surface area contributed by atoms with E-state index in [1.165, 1.54) is 24.8 Å². The molecule has 1 aromatic rings. The summed E-state index contributed by atoms with van der Waals surface area (Å²) in [5.74, 6) is 0.00771. The summed E-state index contributed by atoms with van der Waals surface area (Å²) in [6.45, 7) is 1.93. The van der Waals surface area contributed by atoms with E-state index in [1.807, 2.05) is 12.1 Å². The van der Waals surface area contributed by atoms with Crippen molar-refractivity contribution in [1.82, 2.24) is 5.32 Å². The molecule has 0 aliphatic heterocycles. The molecule has 2 N–H and O–H groups in total. The van der Waals surface area contributed by atoms with Crippen LogP contribution in [0.15, 0.2) is 24.3 Å². The number of benzene rings is 1. The van der Waals surface area contributed by atoms with Gasteiger partial charge in [-0.25, -0.2) is 0 Å². The van der Waals surface area contributed by atoms with Crippen LogP contribution in [0.1, 0.15) is 48.0 Å². The monoisotopic (exact) mass is 261 g/mol. The summed E-state index contributed by atoms with van der Waals surface area (Å²) in [5.41, 5.74) is 1.79. The molecule has 2 rings (SSSR count). The first-order valence-corrected chi connectivity index (χ1v) is 6.66. The average molecular weight is 261 g/mol. The van der Waals surface area contributed by atoms with Crippen molar-refractivity contribution in [3.05, 3.63) is 35.4 Å². The molecule has 1 aliphatic rings. The molecule has 19 heavy (non-hydrogen) atoms. The van der Waals surface area contributed by atoms with E-state index in [2.05, 4.69) is 12.2 Å². The van der Waals surface area contributed by atoms with Crippen molar-refractivity contribution in [2.45, 2.75) is 32.1 Å². The normalized spacial score (nSPS) is 22.2. The highest BCUT2D eigenvalue weighted by atomic mass is 16.4. The summed E-state index contributed by atoms with van der Waals surface area (Å²) >= 11 is 0. The van der Waals surface area contributed by atoms with E-state index < -0.39 is 5.97 Å². The molecular formula is C15H19NO3. The molecule has 4 heteroatoms. The molecule has 0 bridgehead atoms. The summed E-state index contributed by atoms with van der Waals surface area (Å²) in [6.07, 6.45) is 3.70. The van der Waals surface area contributed by atoms with Crippen molar-refractivity contribution in [1.29, 1.82) is 0 Å². The van der Waals surface area contributed by atoms with Gasteiger partial charge in [-0.2, -0.15) is 0 Å². The Balaban J connectivity index is 1.98. The highest BCUT2D eigenvalue weighted by Crippen LogP contribution is 2.37. The van der Waals surface area contributed by atoms with Crippen LogP contribution in [-0.2, 0) is 4.79 Å². The lowest BCUT2D eigenvalue weighted by Crippen LogP contribution is -2.29. The van der Waals surface area contributed by atoms with Crippen molar-refractivity contribution in [2.75, 3.05) is 6.54 Å². The highest BCUT2D eigenvalue weighted by Gasteiger charge is 2.22. The van der Waals surface area contributed by atoms with Crippen LogP contribution in [0.2, 0.25) is 0 Å². The zero-order valence-electron chi connectivity index (χ0n) is 11.1. The van der Waals surface area contributed by atoms with Crippen molar-refractivity contribution >= 4 is 11.9 Å². The van der Waals surface area contributed by atoms with Gasteiger partial charge in [-0.15, -0.1) is 0 Å². The fourth-order valence-electron chi connectivity index (χ4n) is 2.67. The topological polar surface area (TPSA) is 66.4 Å². The predicted octanol–water partition coefficient (Wildman–Crippen LogP) is 2.40. The van der Waals surface area contributed by atoms with Crippen LogP contribution < -0.4 is 5.32 Å². The summed E-state index contributed by atoms with van der Waals surface area (Å²) in [5, 5.41) is 10.9. The molecule has 1 saturated carbocycles. The van der Waals surface area contributed by atoms with Gasteiger partial charge in [0.05, 0.1) is 0 Å². The molecule has 1 amide bonds. The van der Waals surface area contributed by atoms with Crippen LogP contribution in [0.4, 0.5) is 0 Å². The number of carbonyl (C=O) groups excluding carboxylic acids is 1. The molecule has 1 aliphatic carbocycles. The summed E-state index contributed by atoms with van der Waals surface area (Å²) in [7, 11) is 0. The van der Waals surface area contributed by atoms with Crippen LogP contribution in [0, 0.1) is 5.92 Å². The van der Waals surface area contributed by atoms with E-state index in [1.54, 1.807) is 12.1 Å². The SMILES string of the molecule is C[C@H]1CCC(c2ccc(C(=O)NCC(=O)O)cc2)C1. The molecule has 0 aromatic heterocycles. The number of carboxylic acid groups (broad SMARTS) is 1. The number of hydrogen-bond acceptors (Lipinski definition) is 2. The van der Waals surface area contributed by atoms with Crippen LogP contribution >= 0.6 is 0 Å². The molecule has 2 atom stereocenters. The summed E-state index contributed by atoms with van der Waals surface area (Å²) in [6, 6.07) is 7.52. The molecule has 102 valence electrons. The van der Waals surface area contributed by atoms with Gasteiger partial charge in [0.15, 0.2) is 0 Å². The molecule has 4 nitrogen and oxygen atoms in total. The first-order valence-electron chi connectivity index (χ1n) is 6.66. The van der Waals surface area contributed by atoms with Crippen molar-refractivity contribution < 1.29 is 14.7 Å². The second kappa shape index (κ2) is 5.87. The molecule has 0 spiro atoms. The van der Waals surface area contributed by atoms with Gasteiger partial charge in [0, 0.05) is 5.56 Å². The quantitative estimate of drug-likeness (QED) is 0.874. The second-order valence-electron chi connectivity index (χ2n) is 5.31. The van der Waals surface area contributed by atoms with E-state index in [0.29, 0.717) is 11.5 Å². The first kappa shape index (κ1) is 13.6. The van der Waals surface area contributed by atoms with Crippen molar-refractivity contribution in [3.8, 4) is 0 Å². The Kier molecular flexibility index (Phi) is 4.20. The van der Waals surface area contributed by atoms with Crippen LogP contribution in [0.3, 0.4) is 0 Å². The summed E-state index contributed by atoms with van der Waals surface area (Å²) in [4.78, 5) is 22.0. The third kappa shape index (κ3) is 3.56. The molecule has 0 heterocycles. The molecule has 0 radical (unpaired) electrons. The van der Waals surface area contributed by atoms with E-state index in [-0.39, 0.29) is 12.5 Å². The Hall–Kier alpha value is -1.84. The average Bonchev–Trinajstić information content (AvgIpc) is 2.83. The maximum Gasteiger partial charge on any atom is 0.322 e. The molecule has 1 unspecified atom stereocenters. The van der Waals surface area contributed by atoms with E-state index >= 15 is 0 Å². The van der Waals surface area contributed by atoms with Gasteiger partial charge in [0.25, 0.3) is 5.91 Å². The van der Waals surface area contributed by atoms with Gasteiger partial charge >= 0.3 is 5.97 Å². The number of amides is 1. The molecule has 1 fully saturated rings. The van der Waals surface area contributed by atoms with Gasteiger partial charge in [-0.05, 0) is 42.4 Å². The van der Waals surface area contributed by atoms with Gasteiger partial charge in [0.1, 0.15) is 6.54 Å². The summed E-state index contributed by atoms with van der Waals surface area (Å²) < 4.78 is 0. The van der Waals surface area contributed by atoms with Crippen molar-refractivity contribution in [3.63, 3.8) is 0 Å². The number of aliphatic carboxylic acids is 1.